The molecule has 0 aliphatic rings. The van der Waals surface area contributed by atoms with Crippen LogP contribution < -0.4 is 5.32 Å². The highest BCUT2D eigenvalue weighted by atomic mass is 32.9. The molecule has 0 spiro atoms. The summed E-state index contributed by atoms with van der Waals surface area (Å²) in [6, 6.07) is 0. The van der Waals surface area contributed by atoms with Crippen molar-refractivity contribution in [3.05, 3.63) is 3.95 Å². The molecule has 1 aromatic heterocycles. The van der Waals surface area contributed by atoms with Crippen molar-refractivity contribution in [3.8, 4) is 0 Å². The zero-order chi connectivity index (χ0) is 7.56. The Hall–Kier alpha value is -0.0400. The van der Waals surface area contributed by atoms with Gasteiger partial charge in [-0.25, -0.2) is 0 Å². The van der Waals surface area contributed by atoms with Gasteiger partial charge in [-0.2, -0.15) is 4.98 Å². The van der Waals surface area contributed by atoms with Gasteiger partial charge in [-0.05, 0) is 39.8 Å². The van der Waals surface area contributed by atoms with Crippen LogP contribution >= 0.6 is 32.9 Å². The van der Waals surface area contributed by atoms with Crippen molar-refractivity contribution in [1.29, 1.82) is 0 Å². The SMILES string of the molecule is CC(O)Nc1nc(=S)ss1. The molecule has 0 amide bonds. The highest BCUT2D eigenvalue weighted by molar-refractivity contribution is 7.79. The minimum Gasteiger partial charge on any atom is -0.374 e. The maximum Gasteiger partial charge on any atom is 0.196 e. The van der Waals surface area contributed by atoms with E-state index in [4.69, 9.17) is 17.3 Å². The van der Waals surface area contributed by atoms with E-state index in [9.17, 15) is 0 Å². The van der Waals surface area contributed by atoms with E-state index in [1.165, 1.54) is 20.7 Å². The molecule has 0 aliphatic carbocycles. The summed E-state index contributed by atoms with van der Waals surface area (Å²) >= 11 is 4.78. The second-order valence-electron chi connectivity index (χ2n) is 1.67. The molecule has 0 aromatic carbocycles. The molecule has 0 radical (unpaired) electrons. The van der Waals surface area contributed by atoms with E-state index in [-0.39, 0.29) is 0 Å². The maximum atomic E-state index is 8.84. The monoisotopic (exact) mass is 194 g/mol. The third-order valence-electron chi connectivity index (χ3n) is 0.717. The predicted octanol–water partition coefficient (Wildman–Crippen LogP) is 1.68. The Morgan fingerprint density at radius 3 is 2.80 bits per heavy atom. The number of rotatable bonds is 2. The van der Waals surface area contributed by atoms with Gasteiger partial charge in [0.25, 0.3) is 0 Å². The summed E-state index contributed by atoms with van der Waals surface area (Å²) in [5.74, 6) is 0. The predicted molar refractivity (Wildman–Crippen MR) is 46.1 cm³/mol. The number of nitrogens with zero attached hydrogens (tertiary/aromatic N) is 1. The number of aliphatic hydroxyl groups excluding tert-OH is 1. The molecule has 1 aromatic rings. The molecule has 0 aliphatic heterocycles. The van der Waals surface area contributed by atoms with Crippen LogP contribution in [-0.4, -0.2) is 16.3 Å². The molecule has 56 valence electrons. The van der Waals surface area contributed by atoms with Gasteiger partial charge in [-0.3, -0.25) is 0 Å². The molecule has 0 saturated heterocycles. The van der Waals surface area contributed by atoms with Crippen molar-refractivity contribution in [2.75, 3.05) is 5.32 Å². The van der Waals surface area contributed by atoms with Crippen LogP contribution in [0.4, 0.5) is 5.13 Å². The quantitative estimate of drug-likeness (QED) is 0.427. The first-order valence-corrected chi connectivity index (χ1v) is 5.16. The topological polar surface area (TPSA) is 45.1 Å². The Bertz CT molecular complexity index is 253. The molecule has 0 bridgehead atoms. The number of hydrogen-bond donors (Lipinski definition) is 2. The van der Waals surface area contributed by atoms with E-state index < -0.39 is 6.23 Å². The average molecular weight is 194 g/mol. The Morgan fingerprint density at radius 1 is 1.70 bits per heavy atom. The van der Waals surface area contributed by atoms with Gasteiger partial charge >= 0.3 is 0 Å². The summed E-state index contributed by atoms with van der Waals surface area (Å²) in [5, 5.41) is 12.3. The van der Waals surface area contributed by atoms with E-state index in [0.29, 0.717) is 9.09 Å². The van der Waals surface area contributed by atoms with E-state index in [1.807, 2.05) is 0 Å². The summed E-state index contributed by atoms with van der Waals surface area (Å²) in [5.41, 5.74) is 0. The van der Waals surface area contributed by atoms with Crippen LogP contribution in [0.15, 0.2) is 0 Å². The van der Waals surface area contributed by atoms with Gasteiger partial charge in [0.15, 0.2) is 9.09 Å². The fraction of sp³-hybridized carbons (Fsp3) is 0.500. The van der Waals surface area contributed by atoms with Crippen molar-refractivity contribution in [1.82, 2.24) is 4.98 Å². The number of aromatic nitrogens is 1. The molecule has 6 heteroatoms. The lowest BCUT2D eigenvalue weighted by atomic mass is 10.7. The number of aliphatic hydroxyl groups is 1. The van der Waals surface area contributed by atoms with Crippen LogP contribution in [0.25, 0.3) is 0 Å². The molecular weight excluding hydrogens is 188 g/mol. The van der Waals surface area contributed by atoms with Gasteiger partial charge in [-0.15, -0.1) is 0 Å². The second-order valence-corrected chi connectivity index (χ2v) is 4.42. The standard InChI is InChI=1S/C4H6N2OS3/c1-2(7)5-3-6-4(8)10-9-3/h2,7H,1H3,(H,5,6,8). The molecule has 0 saturated carbocycles. The van der Waals surface area contributed by atoms with Crippen molar-refractivity contribution in [3.63, 3.8) is 0 Å². The van der Waals surface area contributed by atoms with Crippen molar-refractivity contribution in [2.45, 2.75) is 13.2 Å². The van der Waals surface area contributed by atoms with E-state index >= 15 is 0 Å². The highest BCUT2D eigenvalue weighted by Crippen LogP contribution is 2.18. The van der Waals surface area contributed by atoms with Gasteiger partial charge in [0.2, 0.25) is 0 Å². The van der Waals surface area contributed by atoms with E-state index in [2.05, 4.69) is 10.3 Å². The van der Waals surface area contributed by atoms with Gasteiger partial charge in [0.05, 0.1) is 0 Å². The molecule has 0 fully saturated rings. The highest BCUT2D eigenvalue weighted by Gasteiger charge is 1.98. The Labute approximate surface area is 70.8 Å². The lowest BCUT2D eigenvalue weighted by Gasteiger charge is -2.02. The van der Waals surface area contributed by atoms with E-state index in [1.54, 1.807) is 6.92 Å². The number of anilines is 1. The minimum atomic E-state index is -0.562. The van der Waals surface area contributed by atoms with Crippen molar-refractivity contribution in [2.24, 2.45) is 0 Å². The van der Waals surface area contributed by atoms with Crippen molar-refractivity contribution >= 4 is 38.0 Å². The fourth-order valence-corrected chi connectivity index (χ4v) is 2.39. The summed E-state index contributed by atoms with van der Waals surface area (Å²) in [7, 11) is 2.85. The first-order chi connectivity index (χ1) is 4.68. The molecule has 1 heterocycles. The molecular formula is C4H6N2OS3. The van der Waals surface area contributed by atoms with Crippen LogP contribution in [0.1, 0.15) is 6.92 Å². The fourth-order valence-electron chi connectivity index (χ4n) is 0.430. The minimum absolute atomic E-state index is 0.562. The zero-order valence-electron chi connectivity index (χ0n) is 5.20. The smallest absolute Gasteiger partial charge is 0.196 e. The van der Waals surface area contributed by atoms with Crippen LogP contribution in [0.3, 0.4) is 0 Å². The van der Waals surface area contributed by atoms with Gasteiger partial charge in [0, 0.05) is 0 Å². The molecule has 1 atom stereocenters. The zero-order valence-corrected chi connectivity index (χ0v) is 7.65. The third-order valence-corrected chi connectivity index (χ3v) is 3.26. The van der Waals surface area contributed by atoms with Gasteiger partial charge in [0.1, 0.15) is 6.23 Å². The maximum absolute atomic E-state index is 8.84. The van der Waals surface area contributed by atoms with Crippen LogP contribution in [0.5, 0.6) is 0 Å². The largest absolute Gasteiger partial charge is 0.374 e. The number of nitrogens with one attached hydrogen (secondary N) is 1. The van der Waals surface area contributed by atoms with Crippen LogP contribution in [0, 0.1) is 3.95 Å². The normalized spacial score (nSPS) is 13.0. The molecule has 1 unspecified atom stereocenters. The van der Waals surface area contributed by atoms with E-state index in [0.717, 1.165) is 0 Å². The Kier molecular flexibility index (Phi) is 2.72. The lowest BCUT2D eigenvalue weighted by Crippen LogP contribution is -2.12. The summed E-state index contributed by atoms with van der Waals surface area (Å²) in [6.07, 6.45) is -0.562. The van der Waals surface area contributed by atoms with Crippen LogP contribution in [0.2, 0.25) is 0 Å². The molecule has 3 nitrogen and oxygen atoms in total. The number of hydrogen-bond acceptors (Lipinski definition) is 6. The molecule has 2 N–H and O–H groups in total. The summed E-state index contributed by atoms with van der Waals surface area (Å²) in [4.78, 5) is 3.93. The Balaban J connectivity index is 2.67. The first-order valence-electron chi connectivity index (χ1n) is 2.60. The Morgan fingerprint density at radius 2 is 2.40 bits per heavy atom. The van der Waals surface area contributed by atoms with Crippen LogP contribution in [-0.2, 0) is 0 Å². The molecule has 1 rings (SSSR count). The average Bonchev–Trinajstić information content (AvgIpc) is 2.13. The summed E-state index contributed by atoms with van der Waals surface area (Å²) in [6.45, 7) is 1.63. The first kappa shape index (κ1) is 8.06. The third kappa shape index (κ3) is 2.30. The van der Waals surface area contributed by atoms with Gasteiger partial charge < -0.3 is 10.4 Å². The van der Waals surface area contributed by atoms with Gasteiger partial charge in [-0.1, -0.05) is 0 Å². The summed E-state index contributed by atoms with van der Waals surface area (Å²) < 4.78 is 0.605. The lowest BCUT2D eigenvalue weighted by molar-refractivity contribution is 0.224. The second kappa shape index (κ2) is 3.38. The molecule has 10 heavy (non-hydrogen) atoms. The van der Waals surface area contributed by atoms with Crippen molar-refractivity contribution < 1.29 is 5.11 Å².